The van der Waals surface area contributed by atoms with Crippen LogP contribution in [0.25, 0.3) is 0 Å². The van der Waals surface area contributed by atoms with Crippen LogP contribution in [0.3, 0.4) is 0 Å². The maximum atomic E-state index is 11.3. The lowest BCUT2D eigenvalue weighted by Gasteiger charge is -2.18. The predicted octanol–water partition coefficient (Wildman–Crippen LogP) is -0.0377. The molecule has 0 fully saturated rings. The summed E-state index contributed by atoms with van der Waals surface area (Å²) in [5.41, 5.74) is 5.21. The Bertz CT molecular complexity index is 465. The molecule has 0 saturated heterocycles. The largest absolute Gasteiger partial charge is 0.387 e. The molecule has 0 aliphatic heterocycles. The highest BCUT2D eigenvalue weighted by Crippen LogP contribution is 2.19. The number of hydrogen-bond donors (Lipinski definition) is 2. The second-order valence-electron chi connectivity index (χ2n) is 2.85. The Balaban J connectivity index is 3.27. The van der Waals surface area contributed by atoms with Crippen molar-refractivity contribution in [3.63, 3.8) is 0 Å². The third kappa shape index (κ3) is 2.16. The monoisotopic (exact) mass is 219 g/mol. The molecule has 0 aliphatic rings. The van der Waals surface area contributed by atoms with Gasteiger partial charge in [-0.1, -0.05) is 12.1 Å². The first kappa shape index (κ1) is 11.7. The molecule has 0 radical (unpaired) electrons. The molecule has 0 heterocycles. The minimum absolute atomic E-state index is 0.0663. The van der Waals surface area contributed by atoms with Crippen LogP contribution in [0.1, 0.15) is 5.56 Å². The maximum absolute atomic E-state index is 11.3. The number of nitriles is 1. The van der Waals surface area contributed by atoms with Crippen molar-refractivity contribution in [2.75, 3.05) is 11.5 Å². The van der Waals surface area contributed by atoms with E-state index in [9.17, 15) is 9.59 Å². The molecule has 6 heteroatoms. The molecule has 0 atom stereocenters. The van der Waals surface area contributed by atoms with Crippen molar-refractivity contribution in [2.24, 2.45) is 5.73 Å². The van der Waals surface area contributed by atoms with Crippen LogP contribution in [0.4, 0.5) is 10.5 Å². The summed E-state index contributed by atoms with van der Waals surface area (Å²) in [5, 5.41) is 17.5. The lowest BCUT2D eigenvalue weighted by molar-refractivity contribution is -0.120. The molecule has 0 aliphatic carbocycles. The molecule has 3 amide bonds. The zero-order chi connectivity index (χ0) is 12.1. The van der Waals surface area contributed by atoms with E-state index in [1.807, 2.05) is 6.07 Å². The molecular formula is C10H9N3O3. The van der Waals surface area contributed by atoms with Gasteiger partial charge in [-0.25, -0.2) is 9.69 Å². The molecule has 82 valence electrons. The highest BCUT2D eigenvalue weighted by molar-refractivity contribution is 6.14. The first-order chi connectivity index (χ1) is 7.61. The Morgan fingerprint density at radius 3 is 2.56 bits per heavy atom. The van der Waals surface area contributed by atoms with E-state index in [0.717, 1.165) is 0 Å². The number of aliphatic hydroxyl groups excluding tert-OH is 1. The molecule has 0 unspecified atom stereocenters. The number of aliphatic hydroxyl groups is 1. The molecule has 16 heavy (non-hydrogen) atoms. The Hall–Kier alpha value is -2.39. The number of rotatable bonds is 2. The van der Waals surface area contributed by atoms with Crippen LogP contribution < -0.4 is 10.6 Å². The van der Waals surface area contributed by atoms with Gasteiger partial charge < -0.3 is 10.8 Å². The summed E-state index contributed by atoms with van der Waals surface area (Å²) in [5.74, 6) is -0.879. The van der Waals surface area contributed by atoms with Crippen LogP contribution in [0.15, 0.2) is 24.3 Å². The number of para-hydroxylation sites is 1. The number of nitrogens with two attached hydrogens (primary N) is 1. The normalized spacial score (nSPS) is 9.25. The molecule has 3 N–H and O–H groups in total. The number of anilines is 1. The number of benzene rings is 1. The standard InChI is InChI=1S/C10H9N3O3/c11-5-7-3-1-2-4-8(7)13(10(12)16)9(15)6-14/h1-4,14H,6H2,(H2,12,16). The van der Waals surface area contributed by atoms with Crippen molar-refractivity contribution in [3.8, 4) is 6.07 Å². The van der Waals surface area contributed by atoms with Gasteiger partial charge in [-0.2, -0.15) is 5.26 Å². The molecule has 0 aromatic heterocycles. The average Bonchev–Trinajstić information content (AvgIpc) is 2.29. The second-order valence-corrected chi connectivity index (χ2v) is 2.85. The highest BCUT2D eigenvalue weighted by atomic mass is 16.3. The molecule has 6 nitrogen and oxygen atoms in total. The molecule has 0 bridgehead atoms. The van der Waals surface area contributed by atoms with Crippen LogP contribution in [0, 0.1) is 11.3 Å². The topological polar surface area (TPSA) is 107 Å². The van der Waals surface area contributed by atoms with Gasteiger partial charge in [-0.05, 0) is 12.1 Å². The van der Waals surface area contributed by atoms with Crippen molar-refractivity contribution in [1.29, 1.82) is 5.26 Å². The SMILES string of the molecule is N#Cc1ccccc1N(C(N)=O)C(=O)CO. The van der Waals surface area contributed by atoms with Gasteiger partial charge in [-0.3, -0.25) is 4.79 Å². The highest BCUT2D eigenvalue weighted by Gasteiger charge is 2.22. The zero-order valence-electron chi connectivity index (χ0n) is 8.25. The minimum atomic E-state index is -1.04. The fourth-order valence-electron chi connectivity index (χ4n) is 1.21. The van der Waals surface area contributed by atoms with Crippen molar-refractivity contribution in [3.05, 3.63) is 29.8 Å². The summed E-state index contributed by atoms with van der Waals surface area (Å²) in [6, 6.07) is 6.77. The molecule has 0 saturated carbocycles. The summed E-state index contributed by atoms with van der Waals surface area (Å²) in [6.45, 7) is -0.858. The van der Waals surface area contributed by atoms with Crippen LogP contribution in [-0.2, 0) is 4.79 Å². The van der Waals surface area contributed by atoms with E-state index in [0.29, 0.717) is 4.90 Å². The summed E-state index contributed by atoms with van der Waals surface area (Å²) in [4.78, 5) is 22.9. The summed E-state index contributed by atoms with van der Waals surface area (Å²) < 4.78 is 0. The van der Waals surface area contributed by atoms with Gasteiger partial charge in [0.25, 0.3) is 5.91 Å². The fourth-order valence-corrected chi connectivity index (χ4v) is 1.21. The van der Waals surface area contributed by atoms with Gasteiger partial charge in [-0.15, -0.1) is 0 Å². The van der Waals surface area contributed by atoms with Crippen LogP contribution in [0.5, 0.6) is 0 Å². The second kappa shape index (κ2) is 4.91. The van der Waals surface area contributed by atoms with Gasteiger partial charge in [0.2, 0.25) is 0 Å². The smallest absolute Gasteiger partial charge is 0.326 e. The quantitative estimate of drug-likeness (QED) is 0.727. The third-order valence-electron chi connectivity index (χ3n) is 1.87. The van der Waals surface area contributed by atoms with E-state index in [2.05, 4.69) is 0 Å². The van der Waals surface area contributed by atoms with Crippen LogP contribution >= 0.6 is 0 Å². The van der Waals surface area contributed by atoms with Gasteiger partial charge in [0, 0.05) is 0 Å². The molecule has 1 aromatic carbocycles. The number of nitrogens with zero attached hydrogens (tertiary/aromatic N) is 2. The van der Waals surface area contributed by atoms with Crippen molar-refractivity contribution >= 4 is 17.6 Å². The maximum Gasteiger partial charge on any atom is 0.326 e. The van der Waals surface area contributed by atoms with Gasteiger partial charge in [0.15, 0.2) is 0 Å². The molecular weight excluding hydrogens is 210 g/mol. The summed E-state index contributed by atoms with van der Waals surface area (Å²) in [6.07, 6.45) is 0. The summed E-state index contributed by atoms with van der Waals surface area (Å²) in [7, 11) is 0. The average molecular weight is 219 g/mol. The van der Waals surface area contributed by atoms with Crippen molar-refractivity contribution < 1.29 is 14.7 Å². The molecule has 1 rings (SSSR count). The van der Waals surface area contributed by atoms with Crippen LogP contribution in [0.2, 0.25) is 0 Å². The number of hydrogen-bond acceptors (Lipinski definition) is 4. The zero-order valence-corrected chi connectivity index (χ0v) is 8.25. The molecule has 1 aromatic rings. The van der Waals surface area contributed by atoms with Gasteiger partial charge >= 0.3 is 6.03 Å². The van der Waals surface area contributed by atoms with E-state index < -0.39 is 18.5 Å². The van der Waals surface area contributed by atoms with E-state index in [1.165, 1.54) is 12.1 Å². The molecule has 0 spiro atoms. The lowest BCUT2D eigenvalue weighted by Crippen LogP contribution is -2.42. The predicted molar refractivity (Wildman–Crippen MR) is 55.3 cm³/mol. The number of imide groups is 1. The number of carbonyl (C=O) groups is 2. The lowest BCUT2D eigenvalue weighted by atomic mass is 10.2. The van der Waals surface area contributed by atoms with Crippen molar-refractivity contribution in [1.82, 2.24) is 0 Å². The van der Waals surface area contributed by atoms with Gasteiger partial charge in [0.1, 0.15) is 12.7 Å². The first-order valence-electron chi connectivity index (χ1n) is 4.34. The minimum Gasteiger partial charge on any atom is -0.387 e. The Kier molecular flexibility index (Phi) is 3.58. The number of primary amides is 1. The third-order valence-corrected chi connectivity index (χ3v) is 1.87. The van der Waals surface area contributed by atoms with E-state index in [4.69, 9.17) is 16.1 Å². The number of amides is 3. The first-order valence-corrected chi connectivity index (χ1v) is 4.34. The summed E-state index contributed by atoms with van der Waals surface area (Å²) >= 11 is 0. The van der Waals surface area contributed by atoms with Crippen molar-refractivity contribution in [2.45, 2.75) is 0 Å². The Morgan fingerprint density at radius 2 is 2.06 bits per heavy atom. The van der Waals surface area contributed by atoms with E-state index in [-0.39, 0.29) is 11.3 Å². The Morgan fingerprint density at radius 1 is 1.44 bits per heavy atom. The van der Waals surface area contributed by atoms with Crippen LogP contribution in [-0.4, -0.2) is 23.7 Å². The van der Waals surface area contributed by atoms with E-state index in [1.54, 1.807) is 12.1 Å². The number of carbonyl (C=O) groups excluding carboxylic acids is 2. The van der Waals surface area contributed by atoms with E-state index >= 15 is 0 Å². The Labute approximate surface area is 91.5 Å². The number of urea groups is 1. The fraction of sp³-hybridized carbons (Fsp3) is 0.100. The van der Waals surface area contributed by atoms with Gasteiger partial charge in [0.05, 0.1) is 11.3 Å².